The molecule has 0 fully saturated rings. The van der Waals surface area contributed by atoms with Crippen molar-refractivity contribution in [2.45, 2.75) is 27.7 Å². The zero-order valence-corrected chi connectivity index (χ0v) is 13.9. The third kappa shape index (κ3) is 4.18. The molecule has 0 aromatic heterocycles. The lowest BCUT2D eigenvalue weighted by molar-refractivity contribution is -0.807. The average Bonchev–Trinajstić information content (AvgIpc) is 2.81. The lowest BCUT2D eigenvalue weighted by atomic mass is 10.1. The van der Waals surface area contributed by atoms with E-state index in [9.17, 15) is 15.2 Å². The molecule has 5 nitrogen and oxygen atoms in total. The summed E-state index contributed by atoms with van der Waals surface area (Å²) in [6, 6.07) is 4.45. The normalized spacial score (nSPS) is 19.6. The van der Waals surface area contributed by atoms with E-state index < -0.39 is 4.92 Å². The standard InChI is InChI=1S/C15H18N2O3.C2H6/c1-11(2)9-17(3)7-6-13(10-17)12-4-5-14(16(19)20)15(18)8-12;1-2/h4-8,10-11H,9H2,1-3H3;1-2H3/p+1. The largest absolute Gasteiger partial charge is 0.502 e. The third-order valence-corrected chi connectivity index (χ3v) is 3.29. The topological polar surface area (TPSA) is 63.4 Å². The molecule has 0 bridgehead atoms. The van der Waals surface area contributed by atoms with Crippen LogP contribution >= 0.6 is 0 Å². The van der Waals surface area contributed by atoms with Gasteiger partial charge >= 0.3 is 5.69 Å². The van der Waals surface area contributed by atoms with Gasteiger partial charge in [0, 0.05) is 23.6 Å². The van der Waals surface area contributed by atoms with E-state index >= 15 is 0 Å². The zero-order valence-electron chi connectivity index (χ0n) is 13.9. The Morgan fingerprint density at radius 1 is 1.32 bits per heavy atom. The van der Waals surface area contributed by atoms with Crippen LogP contribution in [0, 0.1) is 16.0 Å². The highest BCUT2D eigenvalue weighted by Gasteiger charge is 2.25. The number of phenolic OH excluding ortho intramolecular Hbond substituents is 1. The average molecular weight is 305 g/mol. The molecule has 0 spiro atoms. The van der Waals surface area contributed by atoms with Crippen LogP contribution in [0.25, 0.3) is 5.57 Å². The highest BCUT2D eigenvalue weighted by atomic mass is 16.6. The minimum atomic E-state index is -0.586. The van der Waals surface area contributed by atoms with Gasteiger partial charge in [-0.05, 0) is 17.7 Å². The summed E-state index contributed by atoms with van der Waals surface area (Å²) in [4.78, 5) is 10.1. The molecule has 0 saturated heterocycles. The molecule has 1 aromatic rings. The van der Waals surface area contributed by atoms with Gasteiger partial charge in [0.2, 0.25) is 0 Å². The number of nitro benzene ring substituents is 1. The van der Waals surface area contributed by atoms with Crippen LogP contribution in [-0.2, 0) is 0 Å². The molecule has 5 heteroatoms. The van der Waals surface area contributed by atoms with Gasteiger partial charge < -0.3 is 5.11 Å². The molecule has 0 radical (unpaired) electrons. The van der Waals surface area contributed by atoms with Crippen molar-refractivity contribution in [1.29, 1.82) is 0 Å². The van der Waals surface area contributed by atoms with Gasteiger partial charge in [-0.15, -0.1) is 0 Å². The van der Waals surface area contributed by atoms with E-state index in [1.807, 2.05) is 19.9 Å². The maximum Gasteiger partial charge on any atom is 0.310 e. The number of allylic oxidation sites excluding steroid dienone is 2. The first-order valence-corrected chi connectivity index (χ1v) is 7.55. The van der Waals surface area contributed by atoms with Gasteiger partial charge in [0.25, 0.3) is 0 Å². The van der Waals surface area contributed by atoms with Crippen LogP contribution in [0.15, 0.2) is 36.7 Å². The molecule has 1 unspecified atom stereocenters. The third-order valence-electron chi connectivity index (χ3n) is 3.29. The van der Waals surface area contributed by atoms with Crippen LogP contribution in [0.2, 0.25) is 0 Å². The van der Waals surface area contributed by atoms with Gasteiger partial charge in [-0.25, -0.2) is 0 Å². The van der Waals surface area contributed by atoms with Gasteiger partial charge in [-0.1, -0.05) is 27.7 Å². The van der Waals surface area contributed by atoms with Crippen LogP contribution < -0.4 is 0 Å². The first-order valence-electron chi connectivity index (χ1n) is 7.55. The Kier molecular flexibility index (Phi) is 5.88. The van der Waals surface area contributed by atoms with Crippen molar-refractivity contribution < 1.29 is 14.5 Å². The molecule has 2 rings (SSSR count). The van der Waals surface area contributed by atoms with Gasteiger partial charge in [0.15, 0.2) is 5.75 Å². The van der Waals surface area contributed by atoms with Gasteiger partial charge in [-0.3, -0.25) is 14.6 Å². The number of quaternary nitrogens is 1. The molecular weight excluding hydrogens is 280 g/mol. The SMILES string of the molecule is CC.CC(C)C[N+]1(C)C=CC(c2ccc([N+](=O)[O-])c(O)c2)=C1. The fourth-order valence-electron chi connectivity index (χ4n) is 2.58. The van der Waals surface area contributed by atoms with E-state index in [-0.39, 0.29) is 11.4 Å². The molecule has 1 aliphatic rings. The van der Waals surface area contributed by atoms with Crippen LogP contribution in [0.5, 0.6) is 5.75 Å². The number of nitro groups is 1. The molecular formula is C17H25N2O3+. The number of rotatable bonds is 4. The highest BCUT2D eigenvalue weighted by molar-refractivity contribution is 5.76. The quantitative estimate of drug-likeness (QED) is 0.512. The first-order chi connectivity index (χ1) is 10.3. The fourth-order valence-corrected chi connectivity index (χ4v) is 2.58. The number of hydrogen-bond acceptors (Lipinski definition) is 3. The minimum Gasteiger partial charge on any atom is -0.502 e. The van der Waals surface area contributed by atoms with Gasteiger partial charge in [0.05, 0.1) is 18.5 Å². The summed E-state index contributed by atoms with van der Waals surface area (Å²) < 4.78 is 0.699. The number of phenols is 1. The van der Waals surface area contributed by atoms with Crippen molar-refractivity contribution in [3.8, 4) is 5.75 Å². The lowest BCUT2D eigenvalue weighted by Crippen LogP contribution is -2.34. The van der Waals surface area contributed by atoms with E-state index in [1.54, 1.807) is 6.07 Å². The monoisotopic (exact) mass is 305 g/mol. The second kappa shape index (κ2) is 7.22. The van der Waals surface area contributed by atoms with E-state index in [0.717, 1.165) is 17.7 Å². The summed E-state index contributed by atoms with van der Waals surface area (Å²) in [5, 5.41) is 20.4. The molecule has 1 atom stereocenters. The van der Waals surface area contributed by atoms with Crippen LogP contribution in [0.4, 0.5) is 5.69 Å². The second-order valence-corrected chi connectivity index (χ2v) is 5.78. The van der Waals surface area contributed by atoms with Crippen molar-refractivity contribution >= 4 is 11.3 Å². The molecule has 120 valence electrons. The Hall–Kier alpha value is -2.14. The number of benzene rings is 1. The molecule has 1 aromatic carbocycles. The number of nitrogens with zero attached hydrogens (tertiary/aromatic N) is 2. The zero-order chi connectivity index (χ0) is 16.9. The molecule has 0 aliphatic carbocycles. The molecule has 0 saturated carbocycles. The van der Waals surface area contributed by atoms with Crippen molar-refractivity contribution in [2.75, 3.05) is 13.6 Å². The van der Waals surface area contributed by atoms with Crippen molar-refractivity contribution in [1.82, 2.24) is 0 Å². The maximum atomic E-state index is 10.7. The van der Waals surface area contributed by atoms with E-state index in [0.29, 0.717) is 10.4 Å². The molecule has 1 heterocycles. The molecule has 1 aliphatic heterocycles. The maximum absolute atomic E-state index is 10.7. The van der Waals surface area contributed by atoms with Crippen LogP contribution in [-0.4, -0.2) is 28.1 Å². The van der Waals surface area contributed by atoms with E-state index in [2.05, 4.69) is 33.3 Å². The van der Waals surface area contributed by atoms with Gasteiger partial charge in [0.1, 0.15) is 12.4 Å². The summed E-state index contributed by atoms with van der Waals surface area (Å²) in [7, 11) is 2.11. The smallest absolute Gasteiger partial charge is 0.310 e. The van der Waals surface area contributed by atoms with E-state index in [4.69, 9.17) is 0 Å². The predicted octanol–water partition coefficient (Wildman–Crippen LogP) is 4.30. The summed E-state index contributed by atoms with van der Waals surface area (Å²) in [5.41, 5.74) is 1.49. The molecule has 0 amide bonds. The van der Waals surface area contributed by atoms with E-state index in [1.165, 1.54) is 12.1 Å². The fraction of sp³-hybridized carbons (Fsp3) is 0.412. The Labute approximate surface area is 131 Å². The van der Waals surface area contributed by atoms with Crippen LogP contribution in [0.3, 0.4) is 0 Å². The lowest BCUT2D eigenvalue weighted by Gasteiger charge is -2.25. The summed E-state index contributed by atoms with van der Waals surface area (Å²) >= 11 is 0. The van der Waals surface area contributed by atoms with Crippen molar-refractivity contribution in [2.24, 2.45) is 5.92 Å². The molecule has 22 heavy (non-hydrogen) atoms. The molecule has 1 N–H and O–H groups in total. The Morgan fingerprint density at radius 3 is 2.45 bits per heavy atom. The Balaban J connectivity index is 0.00000116. The van der Waals surface area contributed by atoms with Crippen molar-refractivity contribution in [3.63, 3.8) is 0 Å². The minimum absolute atomic E-state index is 0.268. The number of aromatic hydroxyl groups is 1. The first kappa shape index (κ1) is 17.9. The summed E-state index contributed by atoms with van der Waals surface area (Å²) in [6.45, 7) is 9.32. The Morgan fingerprint density at radius 2 is 1.95 bits per heavy atom. The predicted molar refractivity (Wildman–Crippen MR) is 89.1 cm³/mol. The summed E-state index contributed by atoms with van der Waals surface area (Å²) in [6.07, 6.45) is 6.18. The second-order valence-electron chi connectivity index (χ2n) is 5.78. The van der Waals surface area contributed by atoms with Gasteiger partial charge in [-0.2, -0.15) is 0 Å². The number of hydrogen-bond donors (Lipinski definition) is 1. The summed E-state index contributed by atoms with van der Waals surface area (Å²) in [5.74, 6) is 0.261. The highest BCUT2D eigenvalue weighted by Crippen LogP contribution is 2.33. The Bertz CT molecular complexity index is 606. The van der Waals surface area contributed by atoms with Crippen LogP contribution in [0.1, 0.15) is 33.3 Å². The van der Waals surface area contributed by atoms with Crippen molar-refractivity contribution in [3.05, 3.63) is 52.4 Å².